The van der Waals surface area contributed by atoms with Gasteiger partial charge in [-0.1, -0.05) is 0 Å². The highest BCUT2D eigenvalue weighted by Gasteiger charge is 1.99. The SMILES string of the molecule is CNC(=O)OCC/C(=N/N)NN. The van der Waals surface area contributed by atoms with Crippen molar-refractivity contribution >= 4 is 11.9 Å². The normalized spacial score (nSPS) is 10.7. The van der Waals surface area contributed by atoms with Crippen LogP contribution >= 0.6 is 0 Å². The third-order valence-electron chi connectivity index (χ3n) is 1.10. The number of hydrazine groups is 1. The van der Waals surface area contributed by atoms with E-state index in [1.807, 2.05) is 0 Å². The van der Waals surface area contributed by atoms with Gasteiger partial charge in [-0.2, -0.15) is 5.10 Å². The van der Waals surface area contributed by atoms with Gasteiger partial charge in [0.05, 0.1) is 0 Å². The Morgan fingerprint density at radius 1 is 1.67 bits per heavy atom. The highest BCUT2D eigenvalue weighted by molar-refractivity contribution is 5.81. The first-order valence-electron chi connectivity index (χ1n) is 3.32. The van der Waals surface area contributed by atoms with Gasteiger partial charge in [0, 0.05) is 13.5 Å². The maximum absolute atomic E-state index is 10.5. The molecular weight excluding hydrogens is 162 g/mol. The molecule has 12 heavy (non-hydrogen) atoms. The Morgan fingerprint density at radius 3 is 2.75 bits per heavy atom. The summed E-state index contributed by atoms with van der Waals surface area (Å²) in [6.07, 6.45) is -0.135. The zero-order chi connectivity index (χ0) is 9.40. The molecule has 0 bridgehead atoms. The van der Waals surface area contributed by atoms with Crippen molar-refractivity contribution < 1.29 is 9.53 Å². The monoisotopic (exact) mass is 175 g/mol. The molecule has 0 saturated heterocycles. The number of carbonyl (C=O) groups excluding carboxylic acids is 1. The third-order valence-corrected chi connectivity index (χ3v) is 1.10. The molecule has 0 aromatic carbocycles. The zero-order valence-electron chi connectivity index (χ0n) is 6.83. The van der Waals surface area contributed by atoms with E-state index in [1.54, 1.807) is 0 Å². The number of nitrogens with one attached hydrogen (secondary N) is 2. The van der Waals surface area contributed by atoms with Gasteiger partial charge in [0.25, 0.3) is 0 Å². The van der Waals surface area contributed by atoms with Crippen molar-refractivity contribution in [2.24, 2.45) is 16.8 Å². The van der Waals surface area contributed by atoms with Crippen molar-refractivity contribution in [2.45, 2.75) is 6.42 Å². The predicted molar refractivity (Wildman–Crippen MR) is 44.0 cm³/mol. The minimum Gasteiger partial charge on any atom is -0.449 e. The van der Waals surface area contributed by atoms with Crippen LogP contribution in [0.3, 0.4) is 0 Å². The fourth-order valence-corrected chi connectivity index (χ4v) is 0.487. The van der Waals surface area contributed by atoms with Crippen LogP contribution in [0.4, 0.5) is 4.79 Å². The Morgan fingerprint density at radius 2 is 2.33 bits per heavy atom. The largest absolute Gasteiger partial charge is 0.449 e. The Hall–Kier alpha value is -1.50. The second kappa shape index (κ2) is 6.23. The molecule has 0 rings (SSSR count). The van der Waals surface area contributed by atoms with Crippen LogP contribution in [0.5, 0.6) is 0 Å². The summed E-state index contributed by atoms with van der Waals surface area (Å²) >= 11 is 0. The maximum Gasteiger partial charge on any atom is 0.406 e. The highest BCUT2D eigenvalue weighted by atomic mass is 16.5. The zero-order valence-corrected chi connectivity index (χ0v) is 6.83. The smallest absolute Gasteiger partial charge is 0.406 e. The van der Waals surface area contributed by atoms with E-state index in [1.165, 1.54) is 7.05 Å². The Balaban J connectivity index is 3.48. The van der Waals surface area contributed by atoms with Crippen LogP contribution < -0.4 is 22.4 Å². The number of alkyl carbamates (subject to hydrolysis) is 1. The minimum atomic E-state index is -0.497. The van der Waals surface area contributed by atoms with Crippen molar-refractivity contribution in [1.29, 1.82) is 0 Å². The number of hydrazone groups is 1. The number of amides is 1. The second-order valence-electron chi connectivity index (χ2n) is 1.86. The Labute approximate surface area is 70.1 Å². The molecule has 0 aliphatic heterocycles. The van der Waals surface area contributed by atoms with Crippen molar-refractivity contribution in [3.8, 4) is 0 Å². The summed E-state index contributed by atoms with van der Waals surface area (Å²) in [6, 6.07) is 0. The Kier molecular flexibility index (Phi) is 5.45. The summed E-state index contributed by atoms with van der Waals surface area (Å²) in [5.41, 5.74) is 2.26. The molecule has 7 nitrogen and oxygen atoms in total. The molecule has 0 heterocycles. The number of nitrogens with two attached hydrogens (primary N) is 2. The van der Waals surface area contributed by atoms with Crippen LogP contribution in [0.15, 0.2) is 5.10 Å². The lowest BCUT2D eigenvalue weighted by Crippen LogP contribution is -2.32. The van der Waals surface area contributed by atoms with Crippen LogP contribution in [0.1, 0.15) is 6.42 Å². The number of hydrogen-bond donors (Lipinski definition) is 4. The average Bonchev–Trinajstić information content (AvgIpc) is 2.12. The van der Waals surface area contributed by atoms with Crippen LogP contribution in [0, 0.1) is 0 Å². The van der Waals surface area contributed by atoms with E-state index in [0.29, 0.717) is 12.3 Å². The van der Waals surface area contributed by atoms with Crippen molar-refractivity contribution in [2.75, 3.05) is 13.7 Å². The van der Waals surface area contributed by atoms with Gasteiger partial charge < -0.3 is 21.3 Å². The fourth-order valence-electron chi connectivity index (χ4n) is 0.487. The van der Waals surface area contributed by atoms with E-state index in [0.717, 1.165) is 0 Å². The summed E-state index contributed by atoms with van der Waals surface area (Å²) in [5.74, 6) is 10.3. The number of ether oxygens (including phenoxy) is 1. The van der Waals surface area contributed by atoms with Gasteiger partial charge in [0.15, 0.2) is 0 Å². The lowest BCUT2D eigenvalue weighted by molar-refractivity contribution is 0.151. The van der Waals surface area contributed by atoms with Crippen LogP contribution in [-0.4, -0.2) is 25.6 Å². The molecule has 0 fully saturated rings. The van der Waals surface area contributed by atoms with Crippen LogP contribution in [-0.2, 0) is 4.74 Å². The maximum atomic E-state index is 10.5. The Bertz CT molecular complexity index is 169. The van der Waals surface area contributed by atoms with Crippen LogP contribution in [0.2, 0.25) is 0 Å². The highest BCUT2D eigenvalue weighted by Crippen LogP contribution is 1.83. The molecule has 0 atom stereocenters. The van der Waals surface area contributed by atoms with Crippen LogP contribution in [0.25, 0.3) is 0 Å². The first-order chi connectivity index (χ1) is 5.74. The molecular formula is C5H13N5O2. The molecule has 0 aliphatic rings. The standard InChI is InChI=1S/C5H13N5O2/c1-8-5(11)12-3-2-4(9-6)10-7/h2-3,6-7H2,1H3,(H,8,11)(H,9,10). The van der Waals surface area contributed by atoms with Gasteiger partial charge >= 0.3 is 6.09 Å². The second-order valence-corrected chi connectivity index (χ2v) is 1.86. The number of rotatable bonds is 3. The van der Waals surface area contributed by atoms with E-state index in [-0.39, 0.29) is 6.61 Å². The molecule has 0 aromatic rings. The van der Waals surface area contributed by atoms with Gasteiger partial charge in [-0.15, -0.1) is 0 Å². The summed E-state index contributed by atoms with van der Waals surface area (Å²) in [7, 11) is 1.47. The number of carbonyl (C=O) groups is 1. The van der Waals surface area contributed by atoms with E-state index in [9.17, 15) is 4.79 Å². The first-order valence-corrected chi connectivity index (χ1v) is 3.32. The molecule has 1 amide bonds. The number of hydrogen-bond acceptors (Lipinski definition) is 5. The molecule has 6 N–H and O–H groups in total. The van der Waals surface area contributed by atoms with E-state index >= 15 is 0 Å². The van der Waals surface area contributed by atoms with Gasteiger partial charge in [0.2, 0.25) is 0 Å². The van der Waals surface area contributed by atoms with Crippen molar-refractivity contribution in [1.82, 2.24) is 10.7 Å². The predicted octanol–water partition coefficient (Wildman–Crippen LogP) is -1.53. The molecule has 0 saturated carbocycles. The molecule has 0 unspecified atom stereocenters. The summed E-state index contributed by atoms with van der Waals surface area (Å²) in [5, 5.41) is 5.59. The van der Waals surface area contributed by atoms with Gasteiger partial charge in [-0.05, 0) is 0 Å². The van der Waals surface area contributed by atoms with E-state index in [4.69, 9.17) is 11.7 Å². The van der Waals surface area contributed by atoms with Gasteiger partial charge in [-0.25, -0.2) is 10.6 Å². The third kappa shape index (κ3) is 4.34. The van der Waals surface area contributed by atoms with E-state index in [2.05, 4.69) is 20.6 Å². The van der Waals surface area contributed by atoms with Gasteiger partial charge in [0.1, 0.15) is 12.4 Å². The van der Waals surface area contributed by atoms with Crippen molar-refractivity contribution in [3.63, 3.8) is 0 Å². The summed E-state index contributed by atoms with van der Waals surface area (Å²) < 4.78 is 4.64. The molecule has 0 radical (unpaired) electrons. The summed E-state index contributed by atoms with van der Waals surface area (Å²) in [6.45, 7) is 0.180. The molecule has 70 valence electrons. The quantitative estimate of drug-likeness (QED) is 0.180. The topological polar surface area (TPSA) is 115 Å². The number of amidine groups is 1. The van der Waals surface area contributed by atoms with Crippen molar-refractivity contribution in [3.05, 3.63) is 0 Å². The molecule has 0 aliphatic carbocycles. The molecule has 0 spiro atoms. The fraction of sp³-hybridized carbons (Fsp3) is 0.600. The average molecular weight is 175 g/mol. The minimum absolute atomic E-state index is 0.180. The summed E-state index contributed by atoms with van der Waals surface area (Å²) in [4.78, 5) is 10.5. The number of nitrogens with zero attached hydrogens (tertiary/aromatic N) is 1. The van der Waals surface area contributed by atoms with Gasteiger partial charge in [-0.3, -0.25) is 0 Å². The molecule has 0 aromatic heterocycles. The van der Waals surface area contributed by atoms with E-state index < -0.39 is 6.09 Å². The lowest BCUT2D eigenvalue weighted by atomic mass is 10.4. The first kappa shape index (κ1) is 10.5. The lowest BCUT2D eigenvalue weighted by Gasteiger charge is -2.04. The molecule has 7 heteroatoms.